The molecule has 0 aromatic heterocycles. The Labute approximate surface area is 211 Å². The normalized spacial score (nSPS) is 16.2. The van der Waals surface area contributed by atoms with Crippen molar-refractivity contribution in [2.24, 2.45) is 0 Å². The smallest absolute Gasteiger partial charge is 0.172 e. The van der Waals surface area contributed by atoms with Crippen LogP contribution in [0.4, 0.5) is 5.69 Å². The molecule has 2 aliphatic rings. The highest BCUT2D eigenvalue weighted by atomic mass is 16.7. The molecule has 6 nitrogen and oxygen atoms in total. The molecule has 2 aliphatic heterocycles. The first kappa shape index (κ1) is 24.0. The molecule has 0 atom stereocenters. The second-order valence-corrected chi connectivity index (χ2v) is 9.64. The maximum absolute atomic E-state index is 10.5. The molecule has 3 aromatic carbocycles. The molecule has 186 valence electrons. The van der Waals surface area contributed by atoms with Crippen LogP contribution in [0.2, 0.25) is 0 Å². The lowest BCUT2D eigenvalue weighted by Crippen LogP contribution is -2.32. The molecule has 0 aliphatic carbocycles. The first-order valence-electron chi connectivity index (χ1n) is 11.9. The molecule has 0 fully saturated rings. The van der Waals surface area contributed by atoms with Gasteiger partial charge in [-0.25, -0.2) is 0 Å². The van der Waals surface area contributed by atoms with Gasteiger partial charge in [0.05, 0.1) is 24.8 Å². The minimum atomic E-state index is -0.177. The number of fused-ring (bicyclic) bond motifs is 5. The number of rotatable bonds is 6. The van der Waals surface area contributed by atoms with E-state index in [1.807, 2.05) is 24.3 Å². The van der Waals surface area contributed by atoms with E-state index in [1.54, 1.807) is 26.4 Å². The lowest BCUT2D eigenvalue weighted by molar-refractivity contribution is -0.0391. The molecule has 0 bridgehead atoms. The van der Waals surface area contributed by atoms with Crippen molar-refractivity contribution in [2.75, 3.05) is 26.3 Å². The van der Waals surface area contributed by atoms with Gasteiger partial charge >= 0.3 is 0 Å². The van der Waals surface area contributed by atoms with Crippen molar-refractivity contribution in [3.63, 3.8) is 0 Å². The Kier molecular flexibility index (Phi) is 6.24. The fraction of sp³-hybridized carbons (Fsp3) is 0.267. The third kappa shape index (κ3) is 4.23. The van der Waals surface area contributed by atoms with Crippen molar-refractivity contribution >= 4 is 23.1 Å². The van der Waals surface area contributed by atoms with E-state index in [4.69, 9.17) is 18.9 Å². The highest BCUT2D eigenvalue weighted by Gasteiger charge is 2.33. The molecule has 0 saturated heterocycles. The lowest BCUT2D eigenvalue weighted by Gasteiger charge is -2.35. The molecule has 0 spiro atoms. The SMILES string of the molecule is COCOCc1ccccc1C=C1Oc2ccc(O)c(OC)c2-c2ccc3c(c21)C(C)=CC(C)(C)N3. The zero-order valence-electron chi connectivity index (χ0n) is 21.3. The predicted octanol–water partition coefficient (Wildman–Crippen LogP) is 6.69. The number of nitrogens with one attached hydrogen (secondary N) is 1. The Bertz CT molecular complexity index is 1390. The van der Waals surface area contributed by atoms with Crippen LogP contribution in [0.25, 0.3) is 28.5 Å². The Balaban J connectivity index is 1.75. The van der Waals surface area contributed by atoms with Gasteiger partial charge in [-0.05, 0) is 61.7 Å². The summed E-state index contributed by atoms with van der Waals surface area (Å²) in [6.07, 6.45) is 4.29. The van der Waals surface area contributed by atoms with E-state index >= 15 is 0 Å². The number of allylic oxidation sites excluding steroid dienone is 1. The largest absolute Gasteiger partial charge is 0.504 e. The van der Waals surface area contributed by atoms with Gasteiger partial charge in [-0.15, -0.1) is 0 Å². The van der Waals surface area contributed by atoms with E-state index in [9.17, 15) is 5.11 Å². The first-order valence-corrected chi connectivity index (χ1v) is 11.9. The summed E-state index contributed by atoms with van der Waals surface area (Å²) in [5.74, 6) is 1.81. The standard InChI is InChI=1S/C30H31NO5/c1-18-15-30(2,3)31-22-11-10-21-27(26(18)22)25(36-24-13-12-23(32)29(34-5)28(21)24)14-19-8-6-7-9-20(19)16-35-17-33-4/h6-15,31-32H,16-17H2,1-5H3. The molecular formula is C30H31NO5. The molecule has 3 aromatic rings. The number of aromatic hydroxyl groups is 1. The summed E-state index contributed by atoms with van der Waals surface area (Å²) < 4.78 is 22.9. The number of hydrogen-bond donors (Lipinski definition) is 2. The average Bonchev–Trinajstić information content (AvgIpc) is 2.84. The first-order chi connectivity index (χ1) is 17.3. The van der Waals surface area contributed by atoms with E-state index in [2.05, 4.69) is 50.4 Å². The molecule has 0 unspecified atom stereocenters. The fourth-order valence-electron chi connectivity index (χ4n) is 5.13. The van der Waals surface area contributed by atoms with Crippen LogP contribution in [0, 0.1) is 0 Å². The van der Waals surface area contributed by atoms with E-state index in [0.717, 1.165) is 50.4 Å². The Morgan fingerprint density at radius 1 is 1.00 bits per heavy atom. The maximum atomic E-state index is 10.5. The Morgan fingerprint density at radius 2 is 1.81 bits per heavy atom. The van der Waals surface area contributed by atoms with Gasteiger partial charge in [0.2, 0.25) is 0 Å². The van der Waals surface area contributed by atoms with Crippen molar-refractivity contribution < 1.29 is 24.1 Å². The number of hydrogen-bond acceptors (Lipinski definition) is 6. The average molecular weight is 486 g/mol. The van der Waals surface area contributed by atoms with Gasteiger partial charge in [0.1, 0.15) is 18.3 Å². The number of phenols is 1. The van der Waals surface area contributed by atoms with Gasteiger partial charge in [-0.3, -0.25) is 0 Å². The van der Waals surface area contributed by atoms with Crippen LogP contribution in [0.3, 0.4) is 0 Å². The number of ether oxygens (including phenoxy) is 4. The van der Waals surface area contributed by atoms with Crippen molar-refractivity contribution in [3.05, 3.63) is 76.9 Å². The topological polar surface area (TPSA) is 69.2 Å². The summed E-state index contributed by atoms with van der Waals surface area (Å²) in [5, 5.41) is 14.2. The van der Waals surface area contributed by atoms with Crippen LogP contribution in [-0.2, 0) is 16.1 Å². The van der Waals surface area contributed by atoms with Gasteiger partial charge in [0.25, 0.3) is 0 Å². The van der Waals surface area contributed by atoms with E-state index in [-0.39, 0.29) is 18.1 Å². The zero-order valence-corrected chi connectivity index (χ0v) is 21.3. The Hall–Kier alpha value is -3.74. The third-order valence-corrected chi connectivity index (χ3v) is 6.47. The van der Waals surface area contributed by atoms with Crippen molar-refractivity contribution in [1.82, 2.24) is 0 Å². The molecular weight excluding hydrogens is 454 g/mol. The molecule has 2 N–H and O–H groups in total. The van der Waals surface area contributed by atoms with Crippen LogP contribution in [-0.4, -0.2) is 31.7 Å². The van der Waals surface area contributed by atoms with Gasteiger partial charge in [0, 0.05) is 29.5 Å². The Morgan fingerprint density at radius 3 is 2.58 bits per heavy atom. The summed E-state index contributed by atoms with van der Waals surface area (Å²) in [7, 11) is 3.17. The molecule has 0 amide bonds. The number of methoxy groups -OCH3 is 2. The highest BCUT2D eigenvalue weighted by Crippen LogP contribution is 2.54. The molecule has 0 saturated carbocycles. The van der Waals surface area contributed by atoms with Crippen molar-refractivity contribution in [2.45, 2.75) is 32.9 Å². The number of phenolic OH excluding ortho intramolecular Hbond substituents is 1. The van der Waals surface area contributed by atoms with Gasteiger partial charge in [-0.2, -0.15) is 0 Å². The molecule has 6 heteroatoms. The summed E-state index contributed by atoms with van der Waals surface area (Å²) in [6.45, 7) is 7.07. The van der Waals surface area contributed by atoms with Gasteiger partial charge in [-0.1, -0.05) is 36.4 Å². The van der Waals surface area contributed by atoms with E-state index < -0.39 is 0 Å². The molecule has 36 heavy (non-hydrogen) atoms. The van der Waals surface area contributed by atoms with Crippen LogP contribution in [0.5, 0.6) is 17.2 Å². The quantitative estimate of drug-likeness (QED) is 0.300. The number of benzene rings is 3. The second-order valence-electron chi connectivity index (χ2n) is 9.64. The monoisotopic (exact) mass is 485 g/mol. The highest BCUT2D eigenvalue weighted by molar-refractivity contribution is 6.02. The third-order valence-electron chi connectivity index (χ3n) is 6.47. The minimum absolute atomic E-state index is 0.0723. The molecule has 5 rings (SSSR count). The molecule has 0 radical (unpaired) electrons. The van der Waals surface area contributed by atoms with Crippen LogP contribution in [0.1, 0.15) is 43.0 Å². The van der Waals surface area contributed by atoms with Crippen molar-refractivity contribution in [3.8, 4) is 28.4 Å². The molecule has 2 heterocycles. The summed E-state index contributed by atoms with van der Waals surface area (Å²) in [4.78, 5) is 0. The van der Waals surface area contributed by atoms with E-state index in [1.165, 1.54) is 0 Å². The summed E-state index contributed by atoms with van der Waals surface area (Å²) >= 11 is 0. The van der Waals surface area contributed by atoms with Crippen LogP contribution < -0.4 is 14.8 Å². The fourth-order valence-corrected chi connectivity index (χ4v) is 5.13. The summed E-state index contributed by atoms with van der Waals surface area (Å²) in [6, 6.07) is 15.6. The second kappa shape index (κ2) is 9.37. The van der Waals surface area contributed by atoms with Crippen LogP contribution in [0.15, 0.2) is 54.6 Å². The minimum Gasteiger partial charge on any atom is -0.504 e. The van der Waals surface area contributed by atoms with Gasteiger partial charge in [0.15, 0.2) is 11.5 Å². The van der Waals surface area contributed by atoms with E-state index in [0.29, 0.717) is 18.1 Å². The lowest BCUT2D eigenvalue weighted by atomic mass is 9.82. The zero-order chi connectivity index (χ0) is 25.4. The van der Waals surface area contributed by atoms with Crippen molar-refractivity contribution in [1.29, 1.82) is 0 Å². The van der Waals surface area contributed by atoms with Crippen LogP contribution >= 0.6 is 0 Å². The van der Waals surface area contributed by atoms with Gasteiger partial charge < -0.3 is 29.4 Å². The summed E-state index contributed by atoms with van der Waals surface area (Å²) in [5.41, 5.74) is 7.73. The number of anilines is 1. The maximum Gasteiger partial charge on any atom is 0.172 e. The predicted molar refractivity (Wildman–Crippen MR) is 143 cm³/mol.